The van der Waals surface area contributed by atoms with Crippen LogP contribution in [0, 0.1) is 25.2 Å². The normalized spacial score (nSPS) is 17.8. The smallest absolute Gasteiger partial charge is 0.229 e. The predicted molar refractivity (Wildman–Crippen MR) is 149 cm³/mol. The van der Waals surface area contributed by atoms with Gasteiger partial charge in [0.05, 0.1) is 25.5 Å². The number of ether oxygens (including phenoxy) is 1. The van der Waals surface area contributed by atoms with Crippen molar-refractivity contribution in [3.8, 4) is 11.8 Å². The van der Waals surface area contributed by atoms with Gasteiger partial charge in [-0.25, -0.2) is 10.0 Å². The zero-order valence-electron chi connectivity index (χ0n) is 22.3. The number of nitrogens with one attached hydrogen (secondary N) is 1. The van der Waals surface area contributed by atoms with Gasteiger partial charge in [-0.1, -0.05) is 36.8 Å². The first-order valence-corrected chi connectivity index (χ1v) is 13.6. The molecule has 8 nitrogen and oxygen atoms in total. The van der Waals surface area contributed by atoms with Crippen LogP contribution < -0.4 is 15.1 Å². The lowest BCUT2D eigenvalue weighted by Gasteiger charge is -2.26. The maximum absolute atomic E-state index is 9.73. The van der Waals surface area contributed by atoms with Crippen LogP contribution in [0.1, 0.15) is 60.4 Å². The molecule has 2 aliphatic heterocycles. The van der Waals surface area contributed by atoms with Crippen molar-refractivity contribution in [2.45, 2.75) is 52.0 Å². The van der Waals surface area contributed by atoms with Gasteiger partial charge in [-0.3, -0.25) is 4.84 Å². The molecule has 1 aromatic heterocycles. The van der Waals surface area contributed by atoms with Crippen LogP contribution in [0.5, 0.6) is 5.75 Å². The number of benzene rings is 2. The number of hydrogen-bond acceptors (Lipinski definition) is 8. The van der Waals surface area contributed by atoms with Gasteiger partial charge in [0.15, 0.2) is 5.82 Å². The SMILES string of the molecule is Cc1cc(Nc2ncc(C#N)c(N3OCC[C@H]3c3ccccc3)n2)cc(C)c1OCCCN1CCCCC1. The minimum Gasteiger partial charge on any atom is -0.493 e. The molecule has 2 aliphatic rings. The van der Waals surface area contributed by atoms with Crippen molar-refractivity contribution in [3.63, 3.8) is 0 Å². The standard InChI is InChI=1S/C30H36N6O2/c1-22-18-26(19-23(2)28(22)37-16-9-15-35-13-7-4-8-14-35)33-30-32-21-25(20-31)29(34-30)36-27(12-17-38-36)24-10-5-3-6-11-24/h3,5-6,10-11,18-19,21,27H,4,7-9,12-17H2,1-2H3,(H,32,33,34)/t27-/m0/s1. The van der Waals surface area contributed by atoms with Crippen molar-refractivity contribution in [2.24, 2.45) is 0 Å². The van der Waals surface area contributed by atoms with E-state index in [1.807, 2.05) is 30.3 Å². The van der Waals surface area contributed by atoms with Crippen LogP contribution in [0.15, 0.2) is 48.7 Å². The molecule has 3 aromatic rings. The van der Waals surface area contributed by atoms with E-state index in [1.165, 1.54) is 32.4 Å². The van der Waals surface area contributed by atoms with Crippen molar-refractivity contribution in [3.05, 3.63) is 70.9 Å². The predicted octanol–water partition coefficient (Wildman–Crippen LogP) is 5.85. The van der Waals surface area contributed by atoms with Crippen molar-refractivity contribution < 1.29 is 9.57 Å². The van der Waals surface area contributed by atoms with Crippen LogP contribution in [0.2, 0.25) is 0 Å². The van der Waals surface area contributed by atoms with Gasteiger partial charge in [0, 0.05) is 18.7 Å². The zero-order chi connectivity index (χ0) is 26.3. The second-order valence-corrected chi connectivity index (χ2v) is 10.1. The van der Waals surface area contributed by atoms with Gasteiger partial charge in [0.2, 0.25) is 5.95 Å². The summed E-state index contributed by atoms with van der Waals surface area (Å²) >= 11 is 0. The first kappa shape index (κ1) is 26.0. The molecular weight excluding hydrogens is 476 g/mol. The third kappa shape index (κ3) is 6.07. The highest BCUT2D eigenvalue weighted by molar-refractivity contribution is 5.62. The van der Waals surface area contributed by atoms with E-state index < -0.39 is 0 Å². The van der Waals surface area contributed by atoms with E-state index >= 15 is 0 Å². The van der Waals surface area contributed by atoms with Crippen LogP contribution in [-0.4, -0.2) is 47.7 Å². The first-order chi connectivity index (χ1) is 18.6. The molecule has 0 spiro atoms. The molecule has 0 aliphatic carbocycles. The Labute approximate surface area is 225 Å². The number of rotatable bonds is 9. The van der Waals surface area contributed by atoms with E-state index in [0.717, 1.165) is 47.5 Å². The second kappa shape index (κ2) is 12.2. The molecule has 198 valence electrons. The van der Waals surface area contributed by atoms with E-state index in [4.69, 9.17) is 14.6 Å². The molecule has 2 fully saturated rings. The lowest BCUT2D eigenvalue weighted by molar-refractivity contribution is 0.156. The number of aromatic nitrogens is 2. The van der Waals surface area contributed by atoms with Crippen LogP contribution in [0.25, 0.3) is 0 Å². The topological polar surface area (TPSA) is 86.5 Å². The second-order valence-electron chi connectivity index (χ2n) is 10.1. The molecule has 2 aromatic carbocycles. The molecule has 8 heteroatoms. The molecule has 1 atom stereocenters. The Hall–Kier alpha value is -3.67. The number of hydroxylamine groups is 1. The highest BCUT2D eigenvalue weighted by Crippen LogP contribution is 2.36. The number of nitrogens with zero attached hydrogens (tertiary/aromatic N) is 5. The van der Waals surface area contributed by atoms with E-state index in [0.29, 0.717) is 30.5 Å². The third-order valence-corrected chi connectivity index (χ3v) is 7.22. The van der Waals surface area contributed by atoms with E-state index in [9.17, 15) is 5.26 Å². The summed E-state index contributed by atoms with van der Waals surface area (Å²) in [5.74, 6) is 1.82. The lowest BCUT2D eigenvalue weighted by atomic mass is 10.0. The molecule has 2 saturated heterocycles. The average Bonchev–Trinajstić information content (AvgIpc) is 3.43. The van der Waals surface area contributed by atoms with Gasteiger partial charge in [0.25, 0.3) is 0 Å². The Kier molecular flexibility index (Phi) is 8.37. The fraction of sp³-hybridized carbons (Fsp3) is 0.433. The molecular formula is C30H36N6O2. The fourth-order valence-electron chi connectivity index (χ4n) is 5.36. The summed E-state index contributed by atoms with van der Waals surface area (Å²) in [5.41, 5.74) is 4.50. The molecule has 5 rings (SSSR count). The van der Waals surface area contributed by atoms with Crippen molar-refractivity contribution >= 4 is 17.5 Å². The van der Waals surface area contributed by atoms with Crippen LogP contribution >= 0.6 is 0 Å². The van der Waals surface area contributed by atoms with Gasteiger partial charge in [0.1, 0.15) is 17.4 Å². The van der Waals surface area contributed by atoms with Crippen molar-refractivity contribution in [1.29, 1.82) is 5.26 Å². The van der Waals surface area contributed by atoms with Gasteiger partial charge in [-0.15, -0.1) is 0 Å². The van der Waals surface area contributed by atoms with E-state index in [2.05, 4.69) is 47.3 Å². The Balaban J connectivity index is 1.27. The average molecular weight is 513 g/mol. The largest absolute Gasteiger partial charge is 0.493 e. The van der Waals surface area contributed by atoms with Crippen LogP contribution in [-0.2, 0) is 4.84 Å². The quantitative estimate of drug-likeness (QED) is 0.358. The minimum atomic E-state index is -0.0121. The number of aryl methyl sites for hydroxylation is 2. The summed E-state index contributed by atoms with van der Waals surface area (Å²) in [6.07, 6.45) is 7.39. The van der Waals surface area contributed by atoms with Crippen molar-refractivity contribution in [2.75, 3.05) is 43.2 Å². The molecule has 38 heavy (non-hydrogen) atoms. The Morgan fingerprint density at radius 2 is 1.87 bits per heavy atom. The number of anilines is 3. The molecule has 0 radical (unpaired) electrons. The fourth-order valence-corrected chi connectivity index (χ4v) is 5.36. The molecule has 3 heterocycles. The molecule has 0 saturated carbocycles. The lowest BCUT2D eigenvalue weighted by Crippen LogP contribution is -2.31. The highest BCUT2D eigenvalue weighted by atomic mass is 16.7. The monoisotopic (exact) mass is 512 g/mol. The molecule has 0 amide bonds. The van der Waals surface area contributed by atoms with Gasteiger partial charge in [-0.05, 0) is 75.0 Å². The van der Waals surface area contributed by atoms with Crippen molar-refractivity contribution in [1.82, 2.24) is 14.9 Å². The summed E-state index contributed by atoms with van der Waals surface area (Å²) in [7, 11) is 0. The summed E-state index contributed by atoms with van der Waals surface area (Å²) < 4.78 is 6.19. The van der Waals surface area contributed by atoms with Gasteiger partial charge >= 0.3 is 0 Å². The summed E-state index contributed by atoms with van der Waals surface area (Å²) in [5, 5.41) is 14.8. The number of likely N-dealkylation sites (tertiary alicyclic amines) is 1. The summed E-state index contributed by atoms with van der Waals surface area (Å²) in [4.78, 5) is 17.6. The highest BCUT2D eigenvalue weighted by Gasteiger charge is 2.31. The number of hydrogen-bond donors (Lipinski definition) is 1. The van der Waals surface area contributed by atoms with Gasteiger partial charge < -0.3 is 15.0 Å². The van der Waals surface area contributed by atoms with E-state index in [-0.39, 0.29) is 6.04 Å². The zero-order valence-corrected chi connectivity index (χ0v) is 22.3. The first-order valence-electron chi connectivity index (χ1n) is 13.6. The minimum absolute atomic E-state index is 0.0121. The molecule has 0 unspecified atom stereocenters. The molecule has 1 N–H and O–H groups in total. The Bertz CT molecular complexity index is 1250. The maximum atomic E-state index is 9.73. The third-order valence-electron chi connectivity index (χ3n) is 7.22. The number of piperidine rings is 1. The van der Waals surface area contributed by atoms with Gasteiger partial charge in [-0.2, -0.15) is 10.2 Å². The Morgan fingerprint density at radius 1 is 1.11 bits per heavy atom. The van der Waals surface area contributed by atoms with E-state index in [1.54, 1.807) is 11.3 Å². The molecule has 0 bridgehead atoms. The Morgan fingerprint density at radius 3 is 2.61 bits per heavy atom. The summed E-state index contributed by atoms with van der Waals surface area (Å²) in [6.45, 7) is 8.93. The summed E-state index contributed by atoms with van der Waals surface area (Å²) in [6, 6.07) is 16.5. The van der Waals surface area contributed by atoms with Crippen LogP contribution in [0.3, 0.4) is 0 Å². The van der Waals surface area contributed by atoms with Crippen LogP contribution in [0.4, 0.5) is 17.5 Å². The number of nitriles is 1. The maximum Gasteiger partial charge on any atom is 0.229 e.